The first-order valence-electron chi connectivity index (χ1n) is 11.7. The molecule has 1 heterocycles. The summed E-state index contributed by atoms with van der Waals surface area (Å²) in [5.41, 5.74) is 3.90. The normalized spacial score (nSPS) is 19.4. The van der Waals surface area contributed by atoms with Gasteiger partial charge in [-0.15, -0.1) is 0 Å². The summed E-state index contributed by atoms with van der Waals surface area (Å²) in [5.74, 6) is 1.56. The fourth-order valence-corrected chi connectivity index (χ4v) is 5.08. The Morgan fingerprint density at radius 2 is 1.71 bits per heavy atom. The summed E-state index contributed by atoms with van der Waals surface area (Å²) in [4.78, 5) is 4.70. The van der Waals surface area contributed by atoms with E-state index in [0.717, 1.165) is 37.0 Å². The van der Waals surface area contributed by atoms with E-state index in [0.29, 0.717) is 19.1 Å². The topological polar surface area (TPSA) is 35.9 Å². The maximum Gasteiger partial charge on any atom is 0.119 e. The van der Waals surface area contributed by atoms with Gasteiger partial charge in [0, 0.05) is 43.4 Å². The van der Waals surface area contributed by atoms with E-state index in [-0.39, 0.29) is 0 Å². The molecule has 5 heteroatoms. The molecule has 1 aliphatic heterocycles. The van der Waals surface area contributed by atoms with Gasteiger partial charge in [0.2, 0.25) is 0 Å². The van der Waals surface area contributed by atoms with Crippen LogP contribution in [0.2, 0.25) is 5.02 Å². The molecule has 1 N–H and O–H groups in total. The number of hydrogen-bond donors (Lipinski definition) is 1. The molecule has 0 unspecified atom stereocenters. The lowest BCUT2D eigenvalue weighted by molar-refractivity contribution is 0.0663. The minimum atomic E-state index is -0.488. The molecule has 0 amide bonds. The largest absolute Gasteiger partial charge is 0.491 e. The number of piperazine rings is 1. The maximum absolute atomic E-state index is 10.5. The van der Waals surface area contributed by atoms with Gasteiger partial charge < -0.3 is 14.7 Å². The smallest absolute Gasteiger partial charge is 0.119 e. The van der Waals surface area contributed by atoms with Crippen LogP contribution in [0.25, 0.3) is 0 Å². The van der Waals surface area contributed by atoms with Crippen LogP contribution in [0.15, 0.2) is 42.5 Å². The maximum atomic E-state index is 10.5. The molecule has 1 aliphatic carbocycles. The van der Waals surface area contributed by atoms with E-state index >= 15 is 0 Å². The van der Waals surface area contributed by atoms with Gasteiger partial charge in [0.15, 0.2) is 0 Å². The van der Waals surface area contributed by atoms with Gasteiger partial charge >= 0.3 is 0 Å². The third-order valence-corrected chi connectivity index (χ3v) is 6.99. The van der Waals surface area contributed by atoms with Gasteiger partial charge in [0.25, 0.3) is 0 Å². The number of aryl methyl sites for hydroxylation is 1. The van der Waals surface area contributed by atoms with Crippen LogP contribution < -0.4 is 9.64 Å². The summed E-state index contributed by atoms with van der Waals surface area (Å²) in [7, 11) is 0. The van der Waals surface area contributed by atoms with Crippen LogP contribution in [0, 0.1) is 6.92 Å². The quantitative estimate of drug-likeness (QED) is 0.634. The SMILES string of the molecule is Cc1ccc(Cl)cc1N1CCN(C[C@@H](O)COc2ccc(C3CCCCC3)cc2)CC1. The molecule has 1 saturated heterocycles. The van der Waals surface area contributed by atoms with E-state index in [4.69, 9.17) is 16.3 Å². The molecule has 4 rings (SSSR count). The molecule has 0 spiro atoms. The number of hydrogen-bond acceptors (Lipinski definition) is 4. The molecule has 168 valence electrons. The molecule has 1 atom stereocenters. The predicted molar refractivity (Wildman–Crippen MR) is 129 cm³/mol. The van der Waals surface area contributed by atoms with Crippen molar-refractivity contribution in [2.45, 2.75) is 51.0 Å². The standard InChI is InChI=1S/C26H35ClN2O2/c1-20-7-10-23(27)17-26(20)29-15-13-28(14-16-29)18-24(30)19-31-25-11-8-22(9-12-25)21-5-3-2-4-6-21/h7-12,17,21,24,30H,2-6,13-16,18-19H2,1H3/t24-/m1/s1. The average Bonchev–Trinajstić information content (AvgIpc) is 2.81. The van der Waals surface area contributed by atoms with Crippen molar-refractivity contribution in [3.05, 3.63) is 58.6 Å². The Labute approximate surface area is 191 Å². The first-order chi connectivity index (χ1) is 15.1. The predicted octanol–water partition coefficient (Wildman–Crippen LogP) is 5.26. The van der Waals surface area contributed by atoms with Crippen molar-refractivity contribution >= 4 is 17.3 Å². The van der Waals surface area contributed by atoms with Gasteiger partial charge in [-0.2, -0.15) is 0 Å². The van der Waals surface area contributed by atoms with Gasteiger partial charge in [0.05, 0.1) is 0 Å². The molecule has 1 saturated carbocycles. The van der Waals surface area contributed by atoms with E-state index < -0.39 is 6.10 Å². The number of rotatable bonds is 7. The fourth-order valence-electron chi connectivity index (χ4n) is 4.91. The minimum Gasteiger partial charge on any atom is -0.491 e. The summed E-state index contributed by atoms with van der Waals surface area (Å²) in [5, 5.41) is 11.3. The number of ether oxygens (including phenoxy) is 1. The minimum absolute atomic E-state index is 0.330. The lowest BCUT2D eigenvalue weighted by Gasteiger charge is -2.37. The highest BCUT2D eigenvalue weighted by Crippen LogP contribution is 2.33. The number of benzene rings is 2. The van der Waals surface area contributed by atoms with Gasteiger partial charge in [-0.3, -0.25) is 4.90 Å². The Morgan fingerprint density at radius 1 is 1.00 bits per heavy atom. The third kappa shape index (κ3) is 6.15. The van der Waals surface area contributed by atoms with E-state index in [2.05, 4.69) is 53.1 Å². The summed E-state index contributed by atoms with van der Waals surface area (Å²) < 4.78 is 5.87. The van der Waals surface area contributed by atoms with Crippen molar-refractivity contribution in [2.24, 2.45) is 0 Å². The highest BCUT2D eigenvalue weighted by atomic mass is 35.5. The fraction of sp³-hybridized carbons (Fsp3) is 0.538. The van der Waals surface area contributed by atoms with Crippen LogP contribution in [0.5, 0.6) is 5.75 Å². The van der Waals surface area contributed by atoms with E-state index in [1.807, 2.05) is 6.07 Å². The van der Waals surface area contributed by atoms with Crippen molar-refractivity contribution < 1.29 is 9.84 Å². The van der Waals surface area contributed by atoms with E-state index in [9.17, 15) is 5.11 Å². The highest BCUT2D eigenvalue weighted by Gasteiger charge is 2.21. The second-order valence-electron chi connectivity index (χ2n) is 9.09. The summed E-state index contributed by atoms with van der Waals surface area (Å²) in [6, 6.07) is 14.6. The zero-order valence-electron chi connectivity index (χ0n) is 18.6. The molecule has 31 heavy (non-hydrogen) atoms. The number of nitrogens with zero attached hydrogens (tertiary/aromatic N) is 2. The summed E-state index contributed by atoms with van der Waals surface area (Å²) in [6.45, 7) is 6.84. The van der Waals surface area contributed by atoms with Crippen molar-refractivity contribution in [2.75, 3.05) is 44.2 Å². The van der Waals surface area contributed by atoms with Crippen molar-refractivity contribution in [1.82, 2.24) is 4.90 Å². The Kier molecular flexibility index (Phi) is 7.76. The molecule has 2 aliphatic rings. The van der Waals surface area contributed by atoms with Crippen molar-refractivity contribution in [3.63, 3.8) is 0 Å². The summed E-state index contributed by atoms with van der Waals surface area (Å²) in [6.07, 6.45) is 6.21. The lowest BCUT2D eigenvalue weighted by atomic mass is 9.84. The second-order valence-corrected chi connectivity index (χ2v) is 9.52. The molecule has 4 nitrogen and oxygen atoms in total. The lowest BCUT2D eigenvalue weighted by Crippen LogP contribution is -2.49. The van der Waals surface area contributed by atoms with Crippen LogP contribution in [0.1, 0.15) is 49.1 Å². The number of anilines is 1. The number of β-amino-alcohol motifs (C(OH)–C–C–N with tert-alkyl or cyclic N) is 1. The highest BCUT2D eigenvalue weighted by molar-refractivity contribution is 6.30. The van der Waals surface area contributed by atoms with Crippen LogP contribution >= 0.6 is 11.6 Å². The van der Waals surface area contributed by atoms with Gasteiger partial charge in [-0.05, 0) is 61.1 Å². The Morgan fingerprint density at radius 3 is 2.42 bits per heavy atom. The van der Waals surface area contributed by atoms with Gasteiger partial charge in [-0.1, -0.05) is 49.1 Å². The van der Waals surface area contributed by atoms with Gasteiger partial charge in [0.1, 0.15) is 18.5 Å². The molecule has 2 aromatic carbocycles. The van der Waals surface area contributed by atoms with E-state index in [1.165, 1.54) is 48.9 Å². The van der Waals surface area contributed by atoms with E-state index in [1.54, 1.807) is 0 Å². The second kappa shape index (κ2) is 10.7. The summed E-state index contributed by atoms with van der Waals surface area (Å²) >= 11 is 6.18. The number of halogens is 1. The molecular weight excluding hydrogens is 408 g/mol. The van der Waals surface area contributed by atoms with Crippen molar-refractivity contribution in [3.8, 4) is 5.75 Å². The molecule has 0 radical (unpaired) electrons. The Bertz CT molecular complexity index is 828. The first kappa shape index (κ1) is 22.4. The molecule has 2 fully saturated rings. The Hall–Kier alpha value is -1.75. The zero-order chi connectivity index (χ0) is 21.6. The molecule has 0 bridgehead atoms. The molecule has 0 aromatic heterocycles. The monoisotopic (exact) mass is 442 g/mol. The molecule has 2 aromatic rings. The van der Waals surface area contributed by atoms with Gasteiger partial charge in [-0.25, -0.2) is 0 Å². The van der Waals surface area contributed by atoms with Crippen molar-refractivity contribution in [1.29, 1.82) is 0 Å². The van der Waals surface area contributed by atoms with Crippen LogP contribution in [0.3, 0.4) is 0 Å². The number of aliphatic hydroxyl groups excluding tert-OH is 1. The van der Waals surface area contributed by atoms with Crippen LogP contribution in [-0.2, 0) is 0 Å². The first-order valence-corrected chi connectivity index (χ1v) is 12.1. The third-order valence-electron chi connectivity index (χ3n) is 6.75. The van der Waals surface area contributed by atoms with Crippen LogP contribution in [0.4, 0.5) is 5.69 Å². The molecular formula is C26H35ClN2O2. The average molecular weight is 443 g/mol. The number of aliphatic hydroxyl groups is 1. The zero-order valence-corrected chi connectivity index (χ0v) is 19.4. The Balaban J connectivity index is 1.20. The van der Waals surface area contributed by atoms with Crippen LogP contribution in [-0.4, -0.2) is 55.4 Å².